The summed E-state index contributed by atoms with van der Waals surface area (Å²) in [5, 5.41) is 2.84. The Kier molecular flexibility index (Phi) is 11.3. The monoisotopic (exact) mass is 539 g/mol. The van der Waals surface area contributed by atoms with Crippen LogP contribution in [0.3, 0.4) is 0 Å². The van der Waals surface area contributed by atoms with Crippen molar-refractivity contribution < 1.29 is 31.5 Å². The molecule has 0 aromatic heterocycles. The molecule has 2 amide bonds. The molecule has 0 heterocycles. The van der Waals surface area contributed by atoms with Crippen molar-refractivity contribution in [3.05, 3.63) is 59.7 Å². The van der Waals surface area contributed by atoms with Gasteiger partial charge >= 0.3 is 0 Å². The van der Waals surface area contributed by atoms with Gasteiger partial charge in [-0.2, -0.15) is 0 Å². The van der Waals surface area contributed by atoms with Crippen LogP contribution in [0, 0.1) is 11.6 Å². The van der Waals surface area contributed by atoms with Crippen LogP contribution in [-0.4, -0.2) is 57.6 Å². The first-order chi connectivity index (χ1) is 17.5. The molecule has 2 aromatic rings. The van der Waals surface area contributed by atoms with Crippen LogP contribution in [0.1, 0.15) is 45.1 Å². The molecule has 0 bridgehead atoms. The molecule has 2 aromatic carbocycles. The van der Waals surface area contributed by atoms with E-state index < -0.39 is 27.7 Å². The highest BCUT2D eigenvalue weighted by Crippen LogP contribution is 2.22. The number of hydrogen-bond acceptors (Lipinski definition) is 5. The third-order valence-corrected chi connectivity index (χ3v) is 6.98. The molecule has 1 atom stereocenters. The summed E-state index contributed by atoms with van der Waals surface area (Å²) in [6.45, 7) is 4.29. The predicted octanol–water partition coefficient (Wildman–Crippen LogP) is 3.85. The third kappa shape index (κ3) is 8.70. The van der Waals surface area contributed by atoms with E-state index in [1.165, 1.54) is 11.0 Å². The lowest BCUT2D eigenvalue weighted by atomic mass is 10.1. The van der Waals surface area contributed by atoms with Gasteiger partial charge in [-0.1, -0.05) is 26.0 Å². The van der Waals surface area contributed by atoms with Crippen molar-refractivity contribution in [1.29, 1.82) is 0 Å². The van der Waals surface area contributed by atoms with Gasteiger partial charge in [-0.05, 0) is 49.1 Å². The minimum Gasteiger partial charge on any atom is -0.497 e. The summed E-state index contributed by atoms with van der Waals surface area (Å²) >= 11 is 0. The number of amides is 2. The van der Waals surface area contributed by atoms with Crippen LogP contribution in [0.2, 0.25) is 0 Å². The maximum absolute atomic E-state index is 13.7. The van der Waals surface area contributed by atoms with E-state index in [9.17, 15) is 26.8 Å². The minimum absolute atomic E-state index is 0.0330. The number of anilines is 1. The number of methoxy groups -OCH3 is 1. The fraction of sp³-hybridized carbons (Fsp3) is 0.462. The Morgan fingerprint density at radius 1 is 1.05 bits per heavy atom. The summed E-state index contributed by atoms with van der Waals surface area (Å²) in [5.74, 6) is -2.18. The van der Waals surface area contributed by atoms with Crippen LogP contribution >= 0.6 is 0 Å². The Morgan fingerprint density at radius 3 is 2.27 bits per heavy atom. The van der Waals surface area contributed by atoms with Gasteiger partial charge in [0.25, 0.3) is 0 Å². The smallest absolute Gasteiger partial charge is 0.242 e. The molecular weight excluding hydrogens is 504 g/mol. The lowest BCUT2D eigenvalue weighted by Gasteiger charge is -2.31. The van der Waals surface area contributed by atoms with E-state index in [-0.39, 0.29) is 43.4 Å². The molecule has 1 N–H and O–H groups in total. The minimum atomic E-state index is -3.82. The number of carbonyl (C=O) groups is 2. The summed E-state index contributed by atoms with van der Waals surface area (Å²) in [7, 11) is -2.27. The Labute approximate surface area is 217 Å². The van der Waals surface area contributed by atoms with Gasteiger partial charge in [-0.25, -0.2) is 17.2 Å². The Bertz CT molecular complexity index is 1160. The molecule has 204 valence electrons. The lowest BCUT2D eigenvalue weighted by Crippen LogP contribution is -2.49. The van der Waals surface area contributed by atoms with Crippen LogP contribution in [-0.2, 0) is 26.2 Å². The van der Waals surface area contributed by atoms with Gasteiger partial charge in [0, 0.05) is 32.1 Å². The van der Waals surface area contributed by atoms with E-state index >= 15 is 0 Å². The zero-order chi connectivity index (χ0) is 27.6. The molecule has 2 rings (SSSR count). The number of hydrogen-bond donors (Lipinski definition) is 1. The molecule has 37 heavy (non-hydrogen) atoms. The average molecular weight is 540 g/mol. The molecule has 0 spiro atoms. The highest BCUT2D eigenvalue weighted by Gasteiger charge is 2.28. The quantitative estimate of drug-likeness (QED) is 0.394. The van der Waals surface area contributed by atoms with Gasteiger partial charge in [-0.15, -0.1) is 0 Å². The van der Waals surface area contributed by atoms with Crippen molar-refractivity contribution in [2.45, 2.75) is 52.1 Å². The van der Waals surface area contributed by atoms with E-state index in [4.69, 9.17) is 4.74 Å². The summed E-state index contributed by atoms with van der Waals surface area (Å²) in [6, 6.07) is 9.27. The topological polar surface area (TPSA) is 96.0 Å². The number of rotatable bonds is 14. The standard InChI is InChI=1S/C26H35F2N3O5S/c1-5-15-29-26(33)24(6-2)30(18-19-9-12-21(36-3)13-10-19)25(32)8-7-16-31(37(4,34)35)20-11-14-22(27)23(28)17-20/h9-14,17,24H,5-8,15-16,18H2,1-4H3,(H,29,33). The van der Waals surface area contributed by atoms with E-state index in [1.807, 2.05) is 26.0 Å². The van der Waals surface area contributed by atoms with E-state index in [2.05, 4.69) is 5.32 Å². The summed E-state index contributed by atoms with van der Waals surface area (Å²) in [6.07, 6.45) is 2.15. The molecular formula is C26H35F2N3O5S. The number of carbonyl (C=O) groups excluding carboxylic acids is 2. The Morgan fingerprint density at radius 2 is 1.73 bits per heavy atom. The third-order valence-electron chi connectivity index (χ3n) is 5.79. The van der Waals surface area contributed by atoms with Gasteiger partial charge in [0.15, 0.2) is 11.6 Å². The first-order valence-electron chi connectivity index (χ1n) is 12.1. The zero-order valence-electron chi connectivity index (χ0n) is 21.7. The predicted molar refractivity (Wildman–Crippen MR) is 139 cm³/mol. The van der Waals surface area contributed by atoms with Crippen molar-refractivity contribution in [3.63, 3.8) is 0 Å². The lowest BCUT2D eigenvalue weighted by molar-refractivity contribution is -0.141. The molecule has 0 aliphatic carbocycles. The highest BCUT2D eigenvalue weighted by molar-refractivity contribution is 7.92. The van der Waals surface area contributed by atoms with Gasteiger partial charge in [0.05, 0.1) is 19.1 Å². The zero-order valence-corrected chi connectivity index (χ0v) is 22.5. The number of nitrogens with one attached hydrogen (secondary N) is 1. The molecule has 0 aliphatic rings. The molecule has 1 unspecified atom stereocenters. The maximum atomic E-state index is 13.7. The highest BCUT2D eigenvalue weighted by atomic mass is 32.2. The molecule has 11 heteroatoms. The van der Waals surface area contributed by atoms with E-state index in [0.717, 1.165) is 34.7 Å². The molecule has 0 fully saturated rings. The number of benzene rings is 2. The molecule has 0 saturated heterocycles. The normalized spacial score (nSPS) is 12.1. The van der Waals surface area contributed by atoms with Crippen molar-refractivity contribution >= 4 is 27.5 Å². The van der Waals surface area contributed by atoms with Crippen molar-refractivity contribution in [2.75, 3.05) is 30.8 Å². The Balaban J connectivity index is 2.22. The summed E-state index contributed by atoms with van der Waals surface area (Å²) in [5.41, 5.74) is 0.768. The van der Waals surface area contributed by atoms with Crippen LogP contribution in [0.25, 0.3) is 0 Å². The number of sulfonamides is 1. The van der Waals surface area contributed by atoms with Crippen LogP contribution < -0.4 is 14.4 Å². The van der Waals surface area contributed by atoms with Crippen LogP contribution in [0.5, 0.6) is 5.75 Å². The number of ether oxygens (including phenoxy) is 1. The molecule has 0 saturated carbocycles. The second-order valence-electron chi connectivity index (χ2n) is 8.62. The molecule has 0 aliphatic heterocycles. The van der Waals surface area contributed by atoms with Gasteiger partial charge in [-0.3, -0.25) is 13.9 Å². The largest absolute Gasteiger partial charge is 0.497 e. The molecule has 8 nitrogen and oxygen atoms in total. The second kappa shape index (κ2) is 13.9. The summed E-state index contributed by atoms with van der Waals surface area (Å²) < 4.78 is 57.8. The first kappa shape index (κ1) is 30.0. The van der Waals surface area contributed by atoms with Crippen LogP contribution in [0.15, 0.2) is 42.5 Å². The average Bonchev–Trinajstić information content (AvgIpc) is 2.86. The maximum Gasteiger partial charge on any atom is 0.242 e. The first-order valence-corrected chi connectivity index (χ1v) is 14.0. The number of halogens is 2. The van der Waals surface area contributed by atoms with Gasteiger partial charge in [0.2, 0.25) is 21.8 Å². The second-order valence-corrected chi connectivity index (χ2v) is 10.5. The van der Waals surface area contributed by atoms with Gasteiger partial charge < -0.3 is 15.0 Å². The van der Waals surface area contributed by atoms with Crippen molar-refractivity contribution in [2.24, 2.45) is 0 Å². The number of nitrogens with zero attached hydrogens (tertiary/aromatic N) is 2. The Hall–Kier alpha value is -3.21. The fourth-order valence-corrected chi connectivity index (χ4v) is 4.81. The van der Waals surface area contributed by atoms with E-state index in [1.54, 1.807) is 19.2 Å². The van der Waals surface area contributed by atoms with E-state index in [0.29, 0.717) is 18.7 Å². The SMILES string of the molecule is CCCNC(=O)C(CC)N(Cc1ccc(OC)cc1)C(=O)CCCN(c1ccc(F)c(F)c1)S(C)(=O)=O. The van der Waals surface area contributed by atoms with Crippen molar-refractivity contribution in [3.8, 4) is 5.75 Å². The van der Waals surface area contributed by atoms with Crippen LogP contribution in [0.4, 0.5) is 14.5 Å². The fourth-order valence-electron chi connectivity index (χ4n) is 3.86. The van der Waals surface area contributed by atoms with Gasteiger partial charge in [0.1, 0.15) is 11.8 Å². The molecule has 0 radical (unpaired) electrons. The summed E-state index contributed by atoms with van der Waals surface area (Å²) in [4.78, 5) is 27.7. The van der Waals surface area contributed by atoms with Crippen molar-refractivity contribution in [1.82, 2.24) is 10.2 Å².